The van der Waals surface area contributed by atoms with Gasteiger partial charge in [-0.2, -0.15) is 0 Å². The quantitative estimate of drug-likeness (QED) is 0.756. The van der Waals surface area contributed by atoms with Crippen molar-refractivity contribution in [2.24, 2.45) is 0 Å². The first kappa shape index (κ1) is 17.7. The molecule has 0 atom stereocenters. The highest BCUT2D eigenvalue weighted by Gasteiger charge is 2.15. The molecule has 1 aromatic rings. The first-order chi connectivity index (χ1) is 11.0. The molecule has 23 heavy (non-hydrogen) atoms. The zero-order valence-corrected chi connectivity index (χ0v) is 15.1. The Hall–Kier alpha value is -1.62. The molecule has 0 saturated carbocycles. The summed E-state index contributed by atoms with van der Waals surface area (Å²) in [5, 5.41) is 2.82. The second-order valence-electron chi connectivity index (χ2n) is 5.85. The summed E-state index contributed by atoms with van der Waals surface area (Å²) in [6, 6.07) is 7.39. The molecule has 0 aromatic heterocycles. The normalized spacial score (nSPS) is 14.1. The first-order valence-electron chi connectivity index (χ1n) is 8.03. The summed E-state index contributed by atoms with van der Waals surface area (Å²) in [7, 11) is 0. The lowest BCUT2D eigenvalue weighted by molar-refractivity contribution is -0.132. The smallest absolute Gasteiger partial charge is 0.243 e. The number of allylic oxidation sites excluding steroid dienone is 1. The second kappa shape index (κ2) is 8.87. The van der Waals surface area contributed by atoms with Crippen LogP contribution < -0.4 is 5.32 Å². The van der Waals surface area contributed by atoms with Crippen LogP contribution in [0, 0.1) is 0 Å². The number of hydrogen-bond donors (Lipinski definition) is 1. The zero-order chi connectivity index (χ0) is 16.7. The van der Waals surface area contributed by atoms with Crippen LogP contribution in [0.2, 0.25) is 0 Å². The van der Waals surface area contributed by atoms with Crippen molar-refractivity contribution in [3.8, 4) is 0 Å². The standard InChI is InChI=1S/C18H23BrN2O2/c1-14(22)21(12-11-15-5-3-2-4-6-15)13-18(23)20-17-9-7-16(19)8-10-17/h5,7-10H,2-4,6,11-13H2,1H3,(H,20,23). The van der Waals surface area contributed by atoms with Crippen molar-refractivity contribution in [1.82, 2.24) is 4.90 Å². The van der Waals surface area contributed by atoms with Gasteiger partial charge in [0.2, 0.25) is 11.8 Å². The van der Waals surface area contributed by atoms with Crippen LogP contribution in [0.15, 0.2) is 40.4 Å². The molecule has 2 rings (SSSR count). The molecule has 0 bridgehead atoms. The first-order valence-corrected chi connectivity index (χ1v) is 8.83. The van der Waals surface area contributed by atoms with E-state index < -0.39 is 0 Å². The van der Waals surface area contributed by atoms with Crippen LogP contribution in [-0.2, 0) is 9.59 Å². The molecule has 0 saturated heterocycles. The average molecular weight is 379 g/mol. The van der Waals surface area contributed by atoms with E-state index in [0.29, 0.717) is 6.54 Å². The van der Waals surface area contributed by atoms with E-state index in [4.69, 9.17) is 0 Å². The Bertz CT molecular complexity index is 581. The maximum absolute atomic E-state index is 12.1. The van der Waals surface area contributed by atoms with E-state index in [-0.39, 0.29) is 18.4 Å². The number of halogens is 1. The van der Waals surface area contributed by atoms with E-state index in [9.17, 15) is 9.59 Å². The van der Waals surface area contributed by atoms with Gasteiger partial charge in [-0.1, -0.05) is 27.6 Å². The average Bonchev–Trinajstić information content (AvgIpc) is 2.54. The van der Waals surface area contributed by atoms with Crippen LogP contribution in [0.3, 0.4) is 0 Å². The van der Waals surface area contributed by atoms with Crippen molar-refractivity contribution in [2.75, 3.05) is 18.4 Å². The minimum Gasteiger partial charge on any atom is -0.333 e. The topological polar surface area (TPSA) is 49.4 Å². The predicted octanol–water partition coefficient (Wildman–Crippen LogP) is 4.13. The van der Waals surface area contributed by atoms with E-state index in [2.05, 4.69) is 27.3 Å². The maximum atomic E-state index is 12.1. The van der Waals surface area contributed by atoms with Crippen molar-refractivity contribution in [2.45, 2.75) is 39.0 Å². The third-order valence-corrected chi connectivity index (χ3v) is 4.52. The van der Waals surface area contributed by atoms with Crippen LogP contribution in [-0.4, -0.2) is 29.8 Å². The van der Waals surface area contributed by atoms with Gasteiger partial charge >= 0.3 is 0 Å². The summed E-state index contributed by atoms with van der Waals surface area (Å²) < 4.78 is 0.960. The number of nitrogens with one attached hydrogen (secondary N) is 1. The molecule has 0 fully saturated rings. The Morgan fingerprint density at radius 2 is 1.96 bits per heavy atom. The van der Waals surface area contributed by atoms with Crippen molar-refractivity contribution in [3.05, 3.63) is 40.4 Å². The number of amides is 2. The fourth-order valence-corrected chi connectivity index (χ4v) is 2.93. The zero-order valence-electron chi connectivity index (χ0n) is 13.5. The molecule has 0 aliphatic heterocycles. The Balaban J connectivity index is 1.85. The monoisotopic (exact) mass is 378 g/mol. The maximum Gasteiger partial charge on any atom is 0.243 e. The lowest BCUT2D eigenvalue weighted by Crippen LogP contribution is -2.37. The van der Waals surface area contributed by atoms with Crippen molar-refractivity contribution in [3.63, 3.8) is 0 Å². The van der Waals surface area contributed by atoms with Crippen LogP contribution >= 0.6 is 15.9 Å². The minimum absolute atomic E-state index is 0.0626. The largest absolute Gasteiger partial charge is 0.333 e. The van der Waals surface area contributed by atoms with Crippen LogP contribution in [0.5, 0.6) is 0 Å². The minimum atomic E-state index is -0.167. The lowest BCUT2D eigenvalue weighted by atomic mass is 9.97. The van der Waals surface area contributed by atoms with Gasteiger partial charge in [0.05, 0.1) is 6.54 Å². The number of rotatable bonds is 6. The fourth-order valence-electron chi connectivity index (χ4n) is 2.67. The summed E-state index contributed by atoms with van der Waals surface area (Å²) in [6.07, 6.45) is 7.90. The van der Waals surface area contributed by atoms with E-state index >= 15 is 0 Å². The van der Waals surface area contributed by atoms with Crippen LogP contribution in [0.1, 0.15) is 39.0 Å². The van der Waals surface area contributed by atoms with Gasteiger partial charge in [-0.05, 0) is 56.4 Å². The summed E-state index contributed by atoms with van der Waals surface area (Å²) in [6.45, 7) is 2.22. The molecule has 5 heteroatoms. The van der Waals surface area contributed by atoms with Gasteiger partial charge in [-0.15, -0.1) is 0 Å². The Morgan fingerprint density at radius 1 is 1.22 bits per heavy atom. The lowest BCUT2D eigenvalue weighted by Gasteiger charge is -2.22. The van der Waals surface area contributed by atoms with Crippen molar-refractivity contribution >= 4 is 33.4 Å². The summed E-state index contributed by atoms with van der Waals surface area (Å²) in [5.41, 5.74) is 2.15. The number of carbonyl (C=O) groups excluding carboxylic acids is 2. The molecule has 0 heterocycles. The van der Waals surface area contributed by atoms with Gasteiger partial charge in [0.25, 0.3) is 0 Å². The Morgan fingerprint density at radius 3 is 2.57 bits per heavy atom. The molecule has 1 aliphatic carbocycles. The molecule has 124 valence electrons. The third-order valence-electron chi connectivity index (χ3n) is 4.00. The highest BCUT2D eigenvalue weighted by atomic mass is 79.9. The summed E-state index contributed by atoms with van der Waals surface area (Å²) in [5.74, 6) is -0.229. The molecule has 1 aliphatic rings. The number of carbonyl (C=O) groups is 2. The predicted molar refractivity (Wildman–Crippen MR) is 96.2 cm³/mol. The van der Waals surface area contributed by atoms with Gasteiger partial charge in [-0.3, -0.25) is 9.59 Å². The molecule has 0 unspecified atom stereocenters. The summed E-state index contributed by atoms with van der Waals surface area (Å²) in [4.78, 5) is 25.5. The number of benzene rings is 1. The molecular formula is C18H23BrN2O2. The Kier molecular flexibility index (Phi) is 6.84. The number of nitrogens with zero attached hydrogens (tertiary/aromatic N) is 1. The van der Waals surface area contributed by atoms with E-state index in [1.807, 2.05) is 24.3 Å². The molecule has 1 N–H and O–H groups in total. The van der Waals surface area contributed by atoms with E-state index in [1.165, 1.54) is 25.3 Å². The van der Waals surface area contributed by atoms with E-state index in [0.717, 1.165) is 29.4 Å². The molecule has 0 spiro atoms. The molecule has 0 radical (unpaired) electrons. The van der Waals surface area contributed by atoms with Crippen LogP contribution in [0.4, 0.5) is 5.69 Å². The Labute approximate surface area is 146 Å². The van der Waals surface area contributed by atoms with Gasteiger partial charge in [0.1, 0.15) is 0 Å². The van der Waals surface area contributed by atoms with Gasteiger partial charge in [0, 0.05) is 23.6 Å². The summed E-state index contributed by atoms with van der Waals surface area (Å²) >= 11 is 3.36. The fraction of sp³-hybridized carbons (Fsp3) is 0.444. The highest BCUT2D eigenvalue weighted by Crippen LogP contribution is 2.20. The molecule has 2 amide bonds. The molecule has 1 aromatic carbocycles. The van der Waals surface area contributed by atoms with Gasteiger partial charge < -0.3 is 10.2 Å². The number of hydrogen-bond acceptors (Lipinski definition) is 2. The van der Waals surface area contributed by atoms with Crippen molar-refractivity contribution in [1.29, 1.82) is 0 Å². The SMILES string of the molecule is CC(=O)N(CCC1=CCCCC1)CC(=O)Nc1ccc(Br)cc1. The second-order valence-corrected chi connectivity index (χ2v) is 6.77. The molecular weight excluding hydrogens is 356 g/mol. The number of anilines is 1. The highest BCUT2D eigenvalue weighted by molar-refractivity contribution is 9.10. The molecule has 4 nitrogen and oxygen atoms in total. The van der Waals surface area contributed by atoms with Gasteiger partial charge in [-0.25, -0.2) is 0 Å². The van der Waals surface area contributed by atoms with Crippen LogP contribution in [0.25, 0.3) is 0 Å². The third kappa shape index (κ3) is 6.18. The van der Waals surface area contributed by atoms with Gasteiger partial charge in [0.15, 0.2) is 0 Å². The van der Waals surface area contributed by atoms with E-state index in [1.54, 1.807) is 4.90 Å². The van der Waals surface area contributed by atoms with Crippen molar-refractivity contribution < 1.29 is 9.59 Å².